The molecule has 15 heavy (non-hydrogen) atoms. The molecule has 0 atom stereocenters. The van der Waals surface area contributed by atoms with Gasteiger partial charge in [0, 0.05) is 19.6 Å². The zero-order valence-electron chi connectivity index (χ0n) is 8.70. The number of halogens is 4. The Morgan fingerprint density at radius 1 is 1.27 bits per heavy atom. The molecule has 1 aliphatic heterocycles. The highest BCUT2D eigenvalue weighted by Gasteiger charge is 2.38. The first-order valence-corrected chi connectivity index (χ1v) is 4.97. The number of piperidine rings is 1. The summed E-state index contributed by atoms with van der Waals surface area (Å²) in [5, 5.41) is 2.73. The van der Waals surface area contributed by atoms with Crippen molar-refractivity contribution in [3.8, 4) is 0 Å². The molecule has 0 bridgehead atoms. The minimum absolute atomic E-state index is 0.171. The van der Waals surface area contributed by atoms with Gasteiger partial charge in [-0.2, -0.15) is 13.2 Å². The van der Waals surface area contributed by atoms with Crippen LogP contribution >= 0.6 is 0 Å². The van der Waals surface area contributed by atoms with Crippen molar-refractivity contribution < 1.29 is 17.6 Å². The zero-order valence-corrected chi connectivity index (χ0v) is 8.70. The molecular weight excluding hydrogens is 212 g/mol. The van der Waals surface area contributed by atoms with Crippen molar-refractivity contribution >= 4 is 0 Å². The van der Waals surface area contributed by atoms with E-state index in [-0.39, 0.29) is 32.5 Å². The Kier molecular flexibility index (Phi) is 3.94. The molecule has 1 N–H and O–H groups in total. The molecule has 0 saturated carbocycles. The second kappa shape index (κ2) is 4.65. The van der Waals surface area contributed by atoms with Crippen LogP contribution in [-0.4, -0.2) is 50.0 Å². The molecule has 1 heterocycles. The maximum absolute atomic E-state index is 13.8. The number of likely N-dealkylation sites (tertiary alicyclic amines) is 1. The van der Waals surface area contributed by atoms with Crippen LogP contribution in [0.5, 0.6) is 0 Å². The number of hydrogen-bond acceptors (Lipinski definition) is 2. The molecule has 6 heteroatoms. The van der Waals surface area contributed by atoms with E-state index in [1.54, 1.807) is 7.05 Å². The average molecular weight is 228 g/mol. The second-order valence-electron chi connectivity index (χ2n) is 4.07. The van der Waals surface area contributed by atoms with E-state index in [1.165, 1.54) is 4.90 Å². The second-order valence-corrected chi connectivity index (χ2v) is 4.07. The lowest BCUT2D eigenvalue weighted by molar-refractivity contribution is -0.151. The van der Waals surface area contributed by atoms with E-state index >= 15 is 0 Å². The molecule has 90 valence electrons. The van der Waals surface area contributed by atoms with Crippen LogP contribution in [0.1, 0.15) is 12.8 Å². The van der Waals surface area contributed by atoms with Crippen LogP contribution in [0.15, 0.2) is 0 Å². The van der Waals surface area contributed by atoms with Crippen molar-refractivity contribution in [2.24, 2.45) is 0 Å². The van der Waals surface area contributed by atoms with E-state index in [0.29, 0.717) is 0 Å². The first-order chi connectivity index (χ1) is 6.85. The number of nitrogens with zero attached hydrogens (tertiary/aromatic N) is 1. The van der Waals surface area contributed by atoms with Crippen molar-refractivity contribution in [3.63, 3.8) is 0 Å². The predicted octanol–water partition coefficient (Wildman–Crippen LogP) is 1.57. The fourth-order valence-corrected chi connectivity index (χ4v) is 1.86. The van der Waals surface area contributed by atoms with Gasteiger partial charge in [0.05, 0.1) is 6.54 Å². The lowest BCUT2D eigenvalue weighted by atomic mass is 9.93. The first kappa shape index (κ1) is 12.7. The van der Waals surface area contributed by atoms with Gasteiger partial charge in [-0.3, -0.25) is 4.90 Å². The summed E-state index contributed by atoms with van der Waals surface area (Å²) in [6, 6.07) is 0. The van der Waals surface area contributed by atoms with E-state index in [0.717, 1.165) is 0 Å². The molecule has 0 unspecified atom stereocenters. The third kappa shape index (κ3) is 4.34. The Hall–Kier alpha value is -0.360. The molecule has 0 aliphatic carbocycles. The minimum Gasteiger partial charge on any atom is -0.317 e. The van der Waals surface area contributed by atoms with E-state index in [1.807, 2.05) is 0 Å². The van der Waals surface area contributed by atoms with Crippen molar-refractivity contribution in [1.82, 2.24) is 10.2 Å². The summed E-state index contributed by atoms with van der Waals surface area (Å²) >= 11 is 0. The van der Waals surface area contributed by atoms with Gasteiger partial charge in [0.25, 0.3) is 0 Å². The standard InChI is InChI=1S/C9H16F4N2/c1-14-6-8(10)2-4-15(5-3-8)7-9(11,12)13/h14H,2-7H2,1H3. The summed E-state index contributed by atoms with van der Waals surface area (Å²) < 4.78 is 49.9. The van der Waals surface area contributed by atoms with E-state index < -0.39 is 18.4 Å². The van der Waals surface area contributed by atoms with Gasteiger partial charge in [-0.05, 0) is 19.9 Å². The molecule has 0 radical (unpaired) electrons. The number of nitrogens with one attached hydrogen (secondary N) is 1. The van der Waals surface area contributed by atoms with E-state index in [2.05, 4.69) is 5.32 Å². The van der Waals surface area contributed by atoms with Crippen LogP contribution in [0, 0.1) is 0 Å². The number of alkyl halides is 4. The molecule has 0 aromatic rings. The Labute approximate surface area is 86.6 Å². The van der Waals surface area contributed by atoms with Crippen LogP contribution in [-0.2, 0) is 0 Å². The van der Waals surface area contributed by atoms with Gasteiger partial charge in [0.1, 0.15) is 5.67 Å². The van der Waals surface area contributed by atoms with Crippen LogP contribution in [0.25, 0.3) is 0 Å². The summed E-state index contributed by atoms with van der Waals surface area (Å²) in [4.78, 5) is 1.26. The third-order valence-corrected chi connectivity index (χ3v) is 2.65. The molecule has 1 fully saturated rings. The highest BCUT2D eigenvalue weighted by Crippen LogP contribution is 2.27. The molecule has 2 nitrogen and oxygen atoms in total. The first-order valence-electron chi connectivity index (χ1n) is 4.97. The van der Waals surface area contributed by atoms with Crippen LogP contribution < -0.4 is 5.32 Å². The predicted molar refractivity (Wildman–Crippen MR) is 49.5 cm³/mol. The molecule has 1 rings (SSSR count). The Balaban J connectivity index is 2.35. The molecular formula is C9H16F4N2. The smallest absolute Gasteiger partial charge is 0.317 e. The van der Waals surface area contributed by atoms with Crippen molar-refractivity contribution in [2.45, 2.75) is 24.7 Å². The Morgan fingerprint density at radius 2 is 1.80 bits per heavy atom. The topological polar surface area (TPSA) is 15.3 Å². The average Bonchev–Trinajstić information content (AvgIpc) is 2.08. The highest BCUT2D eigenvalue weighted by atomic mass is 19.4. The number of rotatable bonds is 3. The summed E-state index contributed by atoms with van der Waals surface area (Å²) in [5.74, 6) is 0. The van der Waals surface area contributed by atoms with Crippen LogP contribution in [0.3, 0.4) is 0 Å². The van der Waals surface area contributed by atoms with Crippen molar-refractivity contribution in [2.75, 3.05) is 33.2 Å². The summed E-state index contributed by atoms with van der Waals surface area (Å²) in [7, 11) is 1.64. The fraction of sp³-hybridized carbons (Fsp3) is 1.00. The molecule has 0 spiro atoms. The Bertz CT molecular complexity index is 197. The maximum Gasteiger partial charge on any atom is 0.401 e. The lowest BCUT2D eigenvalue weighted by Crippen LogP contribution is -2.48. The van der Waals surface area contributed by atoms with Crippen molar-refractivity contribution in [1.29, 1.82) is 0 Å². The van der Waals surface area contributed by atoms with Gasteiger partial charge in [-0.1, -0.05) is 0 Å². The fourth-order valence-electron chi connectivity index (χ4n) is 1.86. The summed E-state index contributed by atoms with van der Waals surface area (Å²) in [6.07, 6.45) is -3.84. The normalized spacial score (nSPS) is 23.0. The molecule has 0 aromatic heterocycles. The Morgan fingerprint density at radius 3 is 2.20 bits per heavy atom. The quantitative estimate of drug-likeness (QED) is 0.738. The zero-order chi connectivity index (χ0) is 11.5. The molecule has 0 aromatic carbocycles. The maximum atomic E-state index is 13.8. The van der Waals surface area contributed by atoms with Crippen LogP contribution in [0.2, 0.25) is 0 Å². The van der Waals surface area contributed by atoms with E-state index in [4.69, 9.17) is 0 Å². The van der Waals surface area contributed by atoms with Gasteiger partial charge in [-0.25, -0.2) is 4.39 Å². The van der Waals surface area contributed by atoms with Gasteiger partial charge in [0.15, 0.2) is 0 Å². The largest absolute Gasteiger partial charge is 0.401 e. The number of hydrogen-bond donors (Lipinski definition) is 1. The summed E-state index contributed by atoms with van der Waals surface area (Å²) in [6.45, 7) is -0.356. The van der Waals surface area contributed by atoms with Gasteiger partial charge < -0.3 is 5.32 Å². The third-order valence-electron chi connectivity index (χ3n) is 2.65. The monoisotopic (exact) mass is 228 g/mol. The van der Waals surface area contributed by atoms with Gasteiger partial charge in [-0.15, -0.1) is 0 Å². The van der Waals surface area contributed by atoms with Crippen molar-refractivity contribution in [3.05, 3.63) is 0 Å². The molecule has 1 aliphatic rings. The summed E-state index contributed by atoms with van der Waals surface area (Å²) in [5.41, 5.74) is -1.34. The van der Waals surface area contributed by atoms with Crippen LogP contribution in [0.4, 0.5) is 17.6 Å². The lowest BCUT2D eigenvalue weighted by Gasteiger charge is -2.36. The SMILES string of the molecule is CNCC1(F)CCN(CC(F)(F)F)CC1. The molecule has 0 amide bonds. The van der Waals surface area contributed by atoms with E-state index in [9.17, 15) is 17.6 Å². The van der Waals surface area contributed by atoms with Gasteiger partial charge in [0.2, 0.25) is 0 Å². The molecule has 1 saturated heterocycles. The highest BCUT2D eigenvalue weighted by molar-refractivity contribution is 4.88. The minimum atomic E-state index is -4.18. The van der Waals surface area contributed by atoms with Gasteiger partial charge >= 0.3 is 6.18 Å².